The summed E-state index contributed by atoms with van der Waals surface area (Å²) in [5, 5.41) is 15.4. The van der Waals surface area contributed by atoms with Crippen molar-refractivity contribution >= 4 is 34.6 Å². The number of benzene rings is 1. The number of nitrogen functional groups attached to an aromatic ring is 1. The molecule has 3 aromatic rings. The Morgan fingerprint density at radius 2 is 2.03 bits per heavy atom. The van der Waals surface area contributed by atoms with Gasteiger partial charge >= 0.3 is 5.97 Å². The molecule has 0 spiro atoms. The number of aliphatic carboxylic acids is 1. The van der Waals surface area contributed by atoms with Crippen molar-refractivity contribution in [1.82, 2.24) is 20.5 Å². The van der Waals surface area contributed by atoms with Gasteiger partial charge in [0.05, 0.1) is 18.5 Å². The first kappa shape index (κ1) is 22.3. The van der Waals surface area contributed by atoms with E-state index in [-0.39, 0.29) is 24.9 Å². The van der Waals surface area contributed by atoms with E-state index in [1.807, 2.05) is 6.07 Å². The molecule has 0 radical (unpaired) electrons. The Bertz CT molecular complexity index is 1160. The number of aromatic nitrogens is 1. The van der Waals surface area contributed by atoms with E-state index in [0.29, 0.717) is 47.5 Å². The second kappa shape index (κ2) is 9.70. The van der Waals surface area contributed by atoms with Crippen LogP contribution in [0.4, 0.5) is 5.82 Å². The van der Waals surface area contributed by atoms with Gasteiger partial charge in [-0.3, -0.25) is 19.7 Å². The molecular formula is C23H25N5O5. The number of amides is 2. The molecule has 2 aromatic heterocycles. The number of hydrogen-bond donors (Lipinski definition) is 4. The van der Waals surface area contributed by atoms with E-state index < -0.39 is 18.1 Å². The molecule has 3 heterocycles. The lowest BCUT2D eigenvalue weighted by Gasteiger charge is -2.28. The lowest BCUT2D eigenvalue weighted by molar-refractivity contribution is -0.141. The fraction of sp³-hybridized carbons (Fsp3) is 0.304. The lowest BCUT2D eigenvalue weighted by atomic mass is 10.0. The first-order valence-corrected chi connectivity index (χ1v) is 10.6. The fourth-order valence-corrected chi connectivity index (χ4v) is 4.07. The molecular weight excluding hydrogens is 426 g/mol. The summed E-state index contributed by atoms with van der Waals surface area (Å²) >= 11 is 0. The molecule has 0 saturated carbocycles. The van der Waals surface area contributed by atoms with Crippen molar-refractivity contribution in [2.24, 2.45) is 0 Å². The standard InChI is InChI=1S/C23H25N5O5/c24-21-16-11-15(33-18(16)8-9-25-21)12-27-22(31)17-7-4-10-28(17)23(32)20(26-13-19(29)30)14-5-2-1-3-6-14/h1-3,5-6,8-9,11,17,20,26H,4,7,10,12-13H2,(H2,24,25)(H,27,31)(H,29,30)/t17-,20+/m0/s1. The Hall–Kier alpha value is -3.92. The number of carbonyl (C=O) groups is 3. The van der Waals surface area contributed by atoms with Crippen molar-refractivity contribution in [3.63, 3.8) is 0 Å². The van der Waals surface area contributed by atoms with E-state index >= 15 is 0 Å². The number of carbonyl (C=O) groups excluding carboxylic acids is 2. The van der Waals surface area contributed by atoms with Crippen LogP contribution in [0.15, 0.2) is 53.1 Å². The van der Waals surface area contributed by atoms with E-state index in [9.17, 15) is 14.4 Å². The molecule has 5 N–H and O–H groups in total. The van der Waals surface area contributed by atoms with E-state index in [1.54, 1.807) is 42.6 Å². The average Bonchev–Trinajstić information content (AvgIpc) is 3.46. The molecule has 0 bridgehead atoms. The minimum absolute atomic E-state index is 0.144. The molecule has 0 unspecified atom stereocenters. The highest BCUT2D eigenvalue weighted by atomic mass is 16.4. The Labute approximate surface area is 189 Å². The molecule has 4 rings (SSSR count). The second-order valence-electron chi connectivity index (χ2n) is 7.85. The van der Waals surface area contributed by atoms with Gasteiger partial charge in [0, 0.05) is 12.7 Å². The van der Waals surface area contributed by atoms with E-state index in [1.165, 1.54) is 4.90 Å². The van der Waals surface area contributed by atoms with Crippen LogP contribution in [-0.4, -0.2) is 51.9 Å². The van der Waals surface area contributed by atoms with Crippen LogP contribution in [0.25, 0.3) is 11.0 Å². The molecule has 33 heavy (non-hydrogen) atoms. The van der Waals surface area contributed by atoms with Gasteiger partial charge in [0.15, 0.2) is 0 Å². The number of hydrogen-bond acceptors (Lipinski definition) is 7. The van der Waals surface area contributed by atoms with Gasteiger partial charge < -0.3 is 25.5 Å². The number of nitrogens with one attached hydrogen (secondary N) is 2. The van der Waals surface area contributed by atoms with Crippen LogP contribution in [0, 0.1) is 0 Å². The molecule has 10 nitrogen and oxygen atoms in total. The van der Waals surface area contributed by atoms with Gasteiger partial charge in [-0.1, -0.05) is 30.3 Å². The molecule has 1 aliphatic rings. The molecule has 10 heteroatoms. The largest absolute Gasteiger partial charge is 0.480 e. The van der Waals surface area contributed by atoms with Gasteiger partial charge in [-0.05, 0) is 30.5 Å². The zero-order chi connectivity index (χ0) is 23.4. The van der Waals surface area contributed by atoms with Gasteiger partial charge in [-0.2, -0.15) is 0 Å². The summed E-state index contributed by atoms with van der Waals surface area (Å²) in [6, 6.07) is 10.8. The Morgan fingerprint density at radius 1 is 1.24 bits per heavy atom. The normalized spacial score (nSPS) is 16.6. The first-order chi connectivity index (χ1) is 15.9. The Kier molecular flexibility index (Phi) is 6.55. The van der Waals surface area contributed by atoms with Crippen molar-refractivity contribution in [3.05, 3.63) is 60.0 Å². The number of carboxylic acid groups (broad SMARTS) is 1. The number of likely N-dealkylation sites (tertiary alicyclic amines) is 1. The number of anilines is 1. The highest BCUT2D eigenvalue weighted by Gasteiger charge is 2.37. The summed E-state index contributed by atoms with van der Waals surface area (Å²) in [6.07, 6.45) is 2.75. The number of nitrogens with two attached hydrogens (primary N) is 1. The maximum Gasteiger partial charge on any atom is 0.317 e. The maximum atomic E-state index is 13.4. The van der Waals surface area contributed by atoms with Crippen LogP contribution in [0.5, 0.6) is 0 Å². The maximum absolute atomic E-state index is 13.4. The number of furan rings is 1. The second-order valence-corrected chi connectivity index (χ2v) is 7.85. The van der Waals surface area contributed by atoms with Gasteiger partial charge in [0.25, 0.3) is 0 Å². The van der Waals surface area contributed by atoms with Gasteiger partial charge in [0.2, 0.25) is 11.8 Å². The summed E-state index contributed by atoms with van der Waals surface area (Å²) in [6.45, 7) is 0.187. The summed E-state index contributed by atoms with van der Waals surface area (Å²) in [4.78, 5) is 42.9. The lowest BCUT2D eigenvalue weighted by Crippen LogP contribution is -2.49. The van der Waals surface area contributed by atoms with E-state index in [2.05, 4.69) is 15.6 Å². The van der Waals surface area contributed by atoms with Crippen LogP contribution in [0.1, 0.15) is 30.2 Å². The predicted molar refractivity (Wildman–Crippen MR) is 120 cm³/mol. The highest BCUT2D eigenvalue weighted by Crippen LogP contribution is 2.25. The Balaban J connectivity index is 1.45. The van der Waals surface area contributed by atoms with Gasteiger partial charge in [-0.25, -0.2) is 4.98 Å². The van der Waals surface area contributed by atoms with Crippen LogP contribution >= 0.6 is 0 Å². The van der Waals surface area contributed by atoms with Crippen molar-refractivity contribution in [1.29, 1.82) is 0 Å². The molecule has 1 aliphatic heterocycles. The summed E-state index contributed by atoms with van der Waals surface area (Å²) in [7, 11) is 0. The third-order valence-corrected chi connectivity index (χ3v) is 5.64. The third-order valence-electron chi connectivity index (χ3n) is 5.64. The van der Waals surface area contributed by atoms with Crippen molar-refractivity contribution in [2.45, 2.75) is 31.5 Å². The van der Waals surface area contributed by atoms with Crippen LogP contribution < -0.4 is 16.4 Å². The molecule has 1 aromatic carbocycles. The smallest absolute Gasteiger partial charge is 0.317 e. The fourth-order valence-electron chi connectivity index (χ4n) is 4.07. The molecule has 2 amide bonds. The molecule has 1 fully saturated rings. The van der Waals surface area contributed by atoms with E-state index in [4.69, 9.17) is 15.3 Å². The third kappa shape index (κ3) is 4.96. The number of rotatable bonds is 8. The number of nitrogens with zero attached hydrogens (tertiary/aromatic N) is 2. The summed E-state index contributed by atoms with van der Waals surface area (Å²) < 4.78 is 5.71. The monoisotopic (exact) mass is 451 g/mol. The van der Waals surface area contributed by atoms with Gasteiger partial charge in [0.1, 0.15) is 29.2 Å². The topological polar surface area (TPSA) is 151 Å². The number of fused-ring (bicyclic) bond motifs is 1. The minimum atomic E-state index is -1.07. The Morgan fingerprint density at radius 3 is 2.76 bits per heavy atom. The van der Waals surface area contributed by atoms with Crippen LogP contribution in [0.2, 0.25) is 0 Å². The van der Waals surface area contributed by atoms with Crippen LogP contribution in [0.3, 0.4) is 0 Å². The van der Waals surface area contributed by atoms with Crippen molar-refractivity contribution in [3.8, 4) is 0 Å². The van der Waals surface area contributed by atoms with Crippen molar-refractivity contribution < 1.29 is 23.9 Å². The SMILES string of the molecule is Nc1nccc2oc(CNC(=O)[C@@H]3CCCN3C(=O)[C@H](NCC(=O)O)c3ccccc3)cc12. The number of pyridine rings is 1. The van der Waals surface area contributed by atoms with E-state index in [0.717, 1.165) is 0 Å². The number of carboxylic acids is 1. The quantitative estimate of drug-likeness (QED) is 0.402. The molecule has 2 atom stereocenters. The zero-order valence-electron chi connectivity index (χ0n) is 17.9. The summed E-state index contributed by atoms with van der Waals surface area (Å²) in [5.41, 5.74) is 7.08. The van der Waals surface area contributed by atoms with Crippen LogP contribution in [-0.2, 0) is 20.9 Å². The molecule has 172 valence electrons. The van der Waals surface area contributed by atoms with Gasteiger partial charge in [-0.15, -0.1) is 0 Å². The zero-order valence-corrected chi connectivity index (χ0v) is 17.9. The molecule has 0 aliphatic carbocycles. The minimum Gasteiger partial charge on any atom is -0.480 e. The summed E-state index contributed by atoms with van der Waals surface area (Å²) in [5.74, 6) is -0.817. The first-order valence-electron chi connectivity index (χ1n) is 10.6. The average molecular weight is 451 g/mol. The van der Waals surface area contributed by atoms with Crippen molar-refractivity contribution in [2.75, 3.05) is 18.8 Å². The molecule has 1 saturated heterocycles. The predicted octanol–water partition coefficient (Wildman–Crippen LogP) is 1.43. The highest BCUT2D eigenvalue weighted by molar-refractivity contribution is 5.91.